The van der Waals surface area contributed by atoms with Gasteiger partial charge in [0.2, 0.25) is 5.91 Å². The van der Waals surface area contributed by atoms with E-state index in [4.69, 9.17) is 33.7 Å². The van der Waals surface area contributed by atoms with Gasteiger partial charge in [0.1, 0.15) is 0 Å². The van der Waals surface area contributed by atoms with E-state index < -0.39 is 5.91 Å². The number of amides is 2. The number of hydrogen-bond donors (Lipinski definition) is 1. The third kappa shape index (κ3) is 5.41. The SMILES string of the molecule is COCCCN(C(=O)c1ccc(C(N)=O)cc1Cl)c1ccc(Cl)c(-c2ccccn2)c1. The van der Waals surface area contributed by atoms with E-state index in [1.165, 1.54) is 18.2 Å². The quantitative estimate of drug-likeness (QED) is 0.490. The second-order valence-corrected chi connectivity index (χ2v) is 7.56. The highest BCUT2D eigenvalue weighted by Crippen LogP contribution is 2.32. The Hall–Kier alpha value is -2.93. The summed E-state index contributed by atoms with van der Waals surface area (Å²) in [7, 11) is 1.60. The summed E-state index contributed by atoms with van der Waals surface area (Å²) in [5, 5.41) is 0.674. The van der Waals surface area contributed by atoms with Crippen LogP contribution in [0.2, 0.25) is 10.0 Å². The van der Waals surface area contributed by atoms with Crippen molar-refractivity contribution in [1.82, 2.24) is 4.98 Å². The topological polar surface area (TPSA) is 85.5 Å². The van der Waals surface area contributed by atoms with Gasteiger partial charge < -0.3 is 15.4 Å². The molecule has 0 unspecified atom stereocenters. The largest absolute Gasteiger partial charge is 0.385 e. The smallest absolute Gasteiger partial charge is 0.259 e. The van der Waals surface area contributed by atoms with E-state index in [1.54, 1.807) is 30.3 Å². The number of hydrogen-bond acceptors (Lipinski definition) is 4. The van der Waals surface area contributed by atoms with Gasteiger partial charge in [-0.25, -0.2) is 0 Å². The molecule has 0 aliphatic carbocycles. The monoisotopic (exact) mass is 457 g/mol. The molecule has 2 amide bonds. The molecule has 3 rings (SSSR count). The van der Waals surface area contributed by atoms with Gasteiger partial charge in [0.15, 0.2) is 0 Å². The molecule has 2 aromatic carbocycles. The molecule has 8 heteroatoms. The minimum absolute atomic E-state index is 0.150. The Balaban J connectivity index is 2.02. The van der Waals surface area contributed by atoms with Gasteiger partial charge >= 0.3 is 0 Å². The Morgan fingerprint density at radius 1 is 1.06 bits per heavy atom. The molecule has 160 valence electrons. The summed E-state index contributed by atoms with van der Waals surface area (Å²) in [5.41, 5.74) is 7.84. The number of nitrogens with two attached hydrogens (primary N) is 1. The molecule has 0 fully saturated rings. The second-order valence-electron chi connectivity index (χ2n) is 6.74. The Labute approximate surface area is 190 Å². The van der Waals surface area contributed by atoms with Gasteiger partial charge in [-0.15, -0.1) is 0 Å². The van der Waals surface area contributed by atoms with Crippen molar-refractivity contribution in [3.05, 3.63) is 82.0 Å². The van der Waals surface area contributed by atoms with Crippen LogP contribution in [0.5, 0.6) is 0 Å². The Morgan fingerprint density at radius 2 is 1.87 bits per heavy atom. The average Bonchev–Trinajstić information content (AvgIpc) is 2.77. The predicted molar refractivity (Wildman–Crippen MR) is 123 cm³/mol. The van der Waals surface area contributed by atoms with E-state index in [2.05, 4.69) is 4.98 Å². The molecule has 0 aliphatic rings. The third-order valence-electron chi connectivity index (χ3n) is 4.66. The molecule has 0 bridgehead atoms. The number of aromatic nitrogens is 1. The molecule has 0 spiro atoms. The van der Waals surface area contributed by atoms with Crippen LogP contribution in [-0.4, -0.2) is 37.1 Å². The van der Waals surface area contributed by atoms with Crippen molar-refractivity contribution in [1.29, 1.82) is 0 Å². The molecule has 1 aromatic heterocycles. The summed E-state index contributed by atoms with van der Waals surface area (Å²) in [5.74, 6) is -0.929. The van der Waals surface area contributed by atoms with Crippen molar-refractivity contribution in [2.75, 3.05) is 25.2 Å². The first-order valence-electron chi connectivity index (χ1n) is 9.53. The minimum atomic E-state index is -0.615. The van der Waals surface area contributed by atoms with Gasteiger partial charge in [0.05, 0.1) is 21.3 Å². The van der Waals surface area contributed by atoms with Crippen LogP contribution in [-0.2, 0) is 4.74 Å². The maximum absolute atomic E-state index is 13.4. The number of anilines is 1. The zero-order chi connectivity index (χ0) is 22.4. The van der Waals surface area contributed by atoms with Crippen LogP contribution < -0.4 is 10.6 Å². The number of methoxy groups -OCH3 is 1. The highest BCUT2D eigenvalue weighted by Gasteiger charge is 2.22. The van der Waals surface area contributed by atoms with E-state index in [9.17, 15) is 9.59 Å². The number of pyridine rings is 1. The molecule has 6 nitrogen and oxygen atoms in total. The zero-order valence-corrected chi connectivity index (χ0v) is 18.4. The highest BCUT2D eigenvalue weighted by atomic mass is 35.5. The van der Waals surface area contributed by atoms with Crippen molar-refractivity contribution >= 4 is 40.7 Å². The molecule has 1 heterocycles. The summed E-state index contributed by atoms with van der Waals surface area (Å²) in [6.45, 7) is 0.878. The van der Waals surface area contributed by atoms with Gasteiger partial charge in [-0.1, -0.05) is 29.3 Å². The zero-order valence-electron chi connectivity index (χ0n) is 16.8. The molecule has 3 aromatic rings. The van der Waals surface area contributed by atoms with E-state index in [0.717, 1.165) is 0 Å². The maximum atomic E-state index is 13.4. The van der Waals surface area contributed by atoms with Gasteiger partial charge in [0.25, 0.3) is 5.91 Å². The van der Waals surface area contributed by atoms with Gasteiger partial charge in [-0.2, -0.15) is 0 Å². The molecule has 0 saturated carbocycles. The Morgan fingerprint density at radius 3 is 2.52 bits per heavy atom. The van der Waals surface area contributed by atoms with Crippen molar-refractivity contribution in [2.45, 2.75) is 6.42 Å². The molecule has 2 N–H and O–H groups in total. The van der Waals surface area contributed by atoms with Gasteiger partial charge in [-0.05, 0) is 55.0 Å². The van der Waals surface area contributed by atoms with Crippen LogP contribution in [0, 0.1) is 0 Å². The second kappa shape index (κ2) is 10.4. The van der Waals surface area contributed by atoms with Crippen LogP contribution in [0.25, 0.3) is 11.3 Å². The Bertz CT molecular complexity index is 1090. The third-order valence-corrected chi connectivity index (χ3v) is 5.30. The highest BCUT2D eigenvalue weighted by molar-refractivity contribution is 6.35. The minimum Gasteiger partial charge on any atom is -0.385 e. The number of ether oxygens (including phenoxy) is 1. The number of primary amides is 1. The summed E-state index contributed by atoms with van der Waals surface area (Å²) in [6.07, 6.45) is 2.29. The van der Waals surface area contributed by atoms with Crippen LogP contribution in [0.1, 0.15) is 27.1 Å². The lowest BCUT2D eigenvalue weighted by Crippen LogP contribution is -2.33. The maximum Gasteiger partial charge on any atom is 0.259 e. The summed E-state index contributed by atoms with van der Waals surface area (Å²) >= 11 is 12.7. The number of carbonyl (C=O) groups is 2. The van der Waals surface area contributed by atoms with E-state index in [1.807, 2.05) is 24.3 Å². The molecule has 31 heavy (non-hydrogen) atoms. The van der Waals surface area contributed by atoms with Crippen LogP contribution >= 0.6 is 23.2 Å². The van der Waals surface area contributed by atoms with Crippen LogP contribution in [0.3, 0.4) is 0 Å². The average molecular weight is 458 g/mol. The molecular formula is C23H21Cl2N3O3. The van der Waals surface area contributed by atoms with Crippen molar-refractivity contribution in [2.24, 2.45) is 5.73 Å². The van der Waals surface area contributed by atoms with Crippen LogP contribution in [0.4, 0.5) is 5.69 Å². The Kier molecular flexibility index (Phi) is 7.63. The molecule has 0 atom stereocenters. The van der Waals surface area contributed by atoms with Gasteiger partial charge in [0, 0.05) is 43.3 Å². The number of nitrogens with zero attached hydrogens (tertiary/aromatic N) is 2. The molecule has 0 radical (unpaired) electrons. The number of halogens is 2. The lowest BCUT2D eigenvalue weighted by atomic mass is 10.1. The normalized spacial score (nSPS) is 10.7. The lowest BCUT2D eigenvalue weighted by molar-refractivity contribution is 0.0977. The van der Waals surface area contributed by atoms with E-state index in [-0.39, 0.29) is 22.1 Å². The summed E-state index contributed by atoms with van der Waals surface area (Å²) in [4.78, 5) is 30.8. The van der Waals surface area contributed by atoms with Crippen LogP contribution in [0.15, 0.2) is 60.8 Å². The first-order chi connectivity index (χ1) is 14.9. The summed E-state index contributed by atoms with van der Waals surface area (Å²) in [6, 6.07) is 15.2. The van der Waals surface area contributed by atoms with E-state index in [0.29, 0.717) is 41.5 Å². The first-order valence-corrected chi connectivity index (χ1v) is 10.3. The fraction of sp³-hybridized carbons (Fsp3) is 0.174. The fourth-order valence-corrected chi connectivity index (χ4v) is 3.58. The van der Waals surface area contributed by atoms with Crippen molar-refractivity contribution in [3.8, 4) is 11.3 Å². The number of benzene rings is 2. The first kappa shape index (κ1) is 22.7. The standard InChI is InChI=1S/C23H21Cl2N3O3/c1-31-12-4-11-28(23(30)17-8-6-15(22(26)29)13-20(17)25)16-7-9-19(24)18(14-16)21-5-2-3-10-27-21/h2-3,5-10,13-14H,4,11-12H2,1H3,(H2,26,29). The van der Waals surface area contributed by atoms with Crippen molar-refractivity contribution < 1.29 is 14.3 Å². The lowest BCUT2D eigenvalue weighted by Gasteiger charge is -2.24. The number of rotatable bonds is 8. The summed E-state index contributed by atoms with van der Waals surface area (Å²) < 4.78 is 5.15. The molecule has 0 saturated heterocycles. The predicted octanol–water partition coefficient (Wildman–Crippen LogP) is 4.84. The fourth-order valence-electron chi connectivity index (χ4n) is 3.10. The molecular weight excluding hydrogens is 437 g/mol. The van der Waals surface area contributed by atoms with Crippen molar-refractivity contribution in [3.63, 3.8) is 0 Å². The molecule has 0 aliphatic heterocycles. The number of carbonyl (C=O) groups excluding carboxylic acids is 2. The van der Waals surface area contributed by atoms with Gasteiger partial charge in [-0.3, -0.25) is 14.6 Å². The van der Waals surface area contributed by atoms with E-state index >= 15 is 0 Å².